The lowest BCUT2D eigenvalue weighted by Crippen LogP contribution is -2.20. The van der Waals surface area contributed by atoms with Gasteiger partial charge in [0.15, 0.2) is 0 Å². The first-order chi connectivity index (χ1) is 16.9. The van der Waals surface area contributed by atoms with Crippen LogP contribution in [0.15, 0.2) is 72.9 Å². The van der Waals surface area contributed by atoms with E-state index < -0.39 is 24.3 Å². The molecule has 0 radical (unpaired) electrons. The highest BCUT2D eigenvalue weighted by molar-refractivity contribution is 6.34. The number of ether oxygens (including phenoxy) is 1. The second kappa shape index (κ2) is 10.8. The molecule has 3 N–H and O–H groups in total. The van der Waals surface area contributed by atoms with Crippen LogP contribution in [0.5, 0.6) is 0 Å². The zero-order valence-electron chi connectivity index (χ0n) is 18.4. The normalized spacial score (nSPS) is 12.1. The molecule has 1 heterocycles. The summed E-state index contributed by atoms with van der Waals surface area (Å²) in [6.45, 7) is -0.0852. The first kappa shape index (κ1) is 24.5. The van der Waals surface area contributed by atoms with Crippen LogP contribution in [0.25, 0.3) is 22.0 Å². The Hall–Kier alpha value is -3.62. The van der Waals surface area contributed by atoms with Crippen molar-refractivity contribution in [2.45, 2.75) is 19.1 Å². The number of alkyl halides is 2. The Morgan fingerprint density at radius 2 is 1.77 bits per heavy atom. The fourth-order valence-electron chi connectivity index (χ4n) is 3.67. The Bertz CT molecular complexity index is 1350. The number of esters is 1. The lowest BCUT2D eigenvalue weighted by molar-refractivity contribution is -0.143. The number of aromatic nitrogens is 1. The molecule has 0 aliphatic carbocycles. The Morgan fingerprint density at radius 3 is 2.46 bits per heavy atom. The molecule has 4 rings (SSSR count). The van der Waals surface area contributed by atoms with Gasteiger partial charge < -0.3 is 15.8 Å². The summed E-state index contributed by atoms with van der Waals surface area (Å²) < 4.78 is 47.3. The second-order valence-corrected chi connectivity index (χ2v) is 8.16. The minimum Gasteiger partial charge on any atom is -0.460 e. The van der Waals surface area contributed by atoms with E-state index in [1.807, 2.05) is 30.3 Å². The Kier molecular flexibility index (Phi) is 7.53. The first-order valence-electron chi connectivity index (χ1n) is 10.7. The predicted molar refractivity (Wildman–Crippen MR) is 130 cm³/mol. The summed E-state index contributed by atoms with van der Waals surface area (Å²) >= 11 is 6.36. The summed E-state index contributed by atoms with van der Waals surface area (Å²) in [4.78, 5) is 15.5. The van der Waals surface area contributed by atoms with E-state index in [2.05, 4.69) is 10.3 Å². The van der Waals surface area contributed by atoms with Gasteiger partial charge in [0, 0.05) is 17.1 Å². The molecule has 1 aromatic heterocycles. The molecule has 0 aliphatic rings. The molecule has 180 valence electrons. The van der Waals surface area contributed by atoms with Crippen LogP contribution in [0.2, 0.25) is 5.02 Å². The molecule has 35 heavy (non-hydrogen) atoms. The van der Waals surface area contributed by atoms with Gasteiger partial charge in [-0.3, -0.25) is 9.78 Å². The molecule has 1 atom stereocenters. The van der Waals surface area contributed by atoms with Crippen molar-refractivity contribution in [3.63, 3.8) is 0 Å². The quantitative estimate of drug-likeness (QED) is 0.286. The fraction of sp³-hybridized carbons (Fsp3) is 0.154. The molecule has 3 aromatic carbocycles. The molecular formula is C26H21ClF3N3O2. The van der Waals surface area contributed by atoms with Crippen LogP contribution in [0.4, 0.5) is 18.9 Å². The van der Waals surface area contributed by atoms with E-state index in [9.17, 15) is 18.0 Å². The molecule has 0 aliphatic heterocycles. The maximum atomic E-state index is 14.3. The van der Waals surface area contributed by atoms with Gasteiger partial charge in [0.2, 0.25) is 0 Å². The van der Waals surface area contributed by atoms with Crippen molar-refractivity contribution in [1.29, 1.82) is 0 Å². The zero-order chi connectivity index (χ0) is 24.9. The molecule has 0 saturated carbocycles. The summed E-state index contributed by atoms with van der Waals surface area (Å²) in [6, 6.07) is 16.5. The van der Waals surface area contributed by atoms with Gasteiger partial charge in [-0.05, 0) is 34.9 Å². The smallest absolute Gasteiger partial charge is 0.320 e. The molecule has 0 amide bonds. The van der Waals surface area contributed by atoms with Crippen molar-refractivity contribution in [3.8, 4) is 11.1 Å². The molecule has 0 spiro atoms. The molecule has 0 fully saturated rings. The number of rotatable bonds is 8. The molecular weight excluding hydrogens is 479 g/mol. The lowest BCUT2D eigenvalue weighted by Gasteiger charge is -2.22. The highest BCUT2D eigenvalue weighted by atomic mass is 35.5. The van der Waals surface area contributed by atoms with Gasteiger partial charge in [-0.2, -0.15) is 0 Å². The van der Waals surface area contributed by atoms with Gasteiger partial charge in [-0.15, -0.1) is 0 Å². The summed E-state index contributed by atoms with van der Waals surface area (Å²) in [5, 5.41) is 3.39. The van der Waals surface area contributed by atoms with E-state index in [0.29, 0.717) is 10.9 Å². The maximum absolute atomic E-state index is 14.3. The summed E-state index contributed by atoms with van der Waals surface area (Å²) in [7, 11) is 0. The second-order valence-electron chi connectivity index (χ2n) is 7.75. The Labute approximate surface area is 204 Å². The lowest BCUT2D eigenvalue weighted by atomic mass is 10.0. The average Bonchev–Trinajstić information content (AvgIpc) is 2.87. The van der Waals surface area contributed by atoms with Gasteiger partial charge in [-0.1, -0.05) is 60.1 Å². The highest BCUT2D eigenvalue weighted by Gasteiger charge is 2.26. The summed E-state index contributed by atoms with van der Waals surface area (Å²) in [5.74, 6) is -1.23. The number of carbonyl (C=O) groups is 1. The van der Waals surface area contributed by atoms with Gasteiger partial charge >= 0.3 is 5.97 Å². The number of hydrogen-bond donors (Lipinski definition) is 2. The Balaban J connectivity index is 1.69. The number of halogens is 4. The van der Waals surface area contributed by atoms with Crippen molar-refractivity contribution in [2.24, 2.45) is 5.73 Å². The van der Waals surface area contributed by atoms with E-state index >= 15 is 0 Å². The van der Waals surface area contributed by atoms with Gasteiger partial charge in [-0.25, -0.2) is 13.2 Å². The zero-order valence-corrected chi connectivity index (χ0v) is 19.1. The number of nitrogens with two attached hydrogens (primary N) is 1. The minimum absolute atomic E-state index is 0.104. The predicted octanol–water partition coefficient (Wildman–Crippen LogP) is 6.11. The molecule has 0 unspecified atom stereocenters. The Morgan fingerprint density at radius 1 is 1.06 bits per heavy atom. The fourth-order valence-corrected chi connectivity index (χ4v) is 3.88. The van der Waals surface area contributed by atoms with E-state index in [-0.39, 0.29) is 29.4 Å². The van der Waals surface area contributed by atoms with Crippen LogP contribution >= 0.6 is 11.6 Å². The van der Waals surface area contributed by atoms with Crippen molar-refractivity contribution in [1.82, 2.24) is 4.98 Å². The number of nitrogens with zero attached hydrogens (tertiary/aromatic N) is 1. The number of carbonyl (C=O) groups excluding carboxylic acids is 1. The average molecular weight is 500 g/mol. The first-order valence-corrected chi connectivity index (χ1v) is 11.1. The van der Waals surface area contributed by atoms with E-state index in [1.165, 1.54) is 24.4 Å². The van der Waals surface area contributed by atoms with Crippen molar-refractivity contribution in [3.05, 3.63) is 94.9 Å². The van der Waals surface area contributed by atoms with E-state index in [1.54, 1.807) is 12.1 Å². The molecule has 9 heteroatoms. The molecule has 0 saturated heterocycles. The number of pyridine rings is 1. The standard InChI is InChI=1S/C26H21ClF3N3O2/c27-20-13-32-22-10-9-17(16-7-5-15(6-8-16)14-35-23(34)12-31)11-19(22)24(20)33-25(26(29)30)18-3-1-2-4-21(18)28/h1-11,13,25-26H,12,14,31H2,(H,32,33)/t25-/m0/s1. The third-order valence-electron chi connectivity index (χ3n) is 5.47. The van der Waals surface area contributed by atoms with Crippen LogP contribution in [0.1, 0.15) is 17.2 Å². The topological polar surface area (TPSA) is 77.2 Å². The number of fused-ring (bicyclic) bond motifs is 1. The van der Waals surface area contributed by atoms with E-state index in [4.69, 9.17) is 22.1 Å². The third kappa shape index (κ3) is 5.55. The van der Waals surface area contributed by atoms with Gasteiger partial charge in [0.25, 0.3) is 6.43 Å². The van der Waals surface area contributed by atoms with Crippen LogP contribution in [0, 0.1) is 5.82 Å². The largest absolute Gasteiger partial charge is 0.460 e. The minimum atomic E-state index is -2.89. The number of nitrogens with one attached hydrogen (secondary N) is 1. The van der Waals surface area contributed by atoms with Crippen molar-refractivity contribution < 1.29 is 22.7 Å². The van der Waals surface area contributed by atoms with Crippen molar-refractivity contribution >= 4 is 34.2 Å². The van der Waals surface area contributed by atoms with Crippen LogP contribution in [-0.2, 0) is 16.1 Å². The van der Waals surface area contributed by atoms with Crippen LogP contribution in [-0.4, -0.2) is 23.9 Å². The third-order valence-corrected chi connectivity index (χ3v) is 5.75. The monoisotopic (exact) mass is 499 g/mol. The number of benzene rings is 3. The van der Waals surface area contributed by atoms with Crippen LogP contribution in [0.3, 0.4) is 0 Å². The molecule has 4 aromatic rings. The number of hydrogen-bond acceptors (Lipinski definition) is 5. The highest BCUT2D eigenvalue weighted by Crippen LogP contribution is 2.37. The van der Waals surface area contributed by atoms with Gasteiger partial charge in [0.05, 0.1) is 22.8 Å². The van der Waals surface area contributed by atoms with Gasteiger partial charge in [0.1, 0.15) is 18.5 Å². The summed E-state index contributed by atoms with van der Waals surface area (Å²) in [6.07, 6.45) is -1.53. The van der Waals surface area contributed by atoms with E-state index in [0.717, 1.165) is 22.8 Å². The molecule has 0 bridgehead atoms. The van der Waals surface area contributed by atoms with Crippen molar-refractivity contribution in [2.75, 3.05) is 11.9 Å². The SMILES string of the molecule is NCC(=O)OCc1ccc(-c2ccc3ncc(Cl)c(N[C@@H](c4ccccc4F)C(F)F)c3c2)cc1. The maximum Gasteiger partial charge on any atom is 0.320 e. The number of anilines is 1. The summed E-state index contributed by atoms with van der Waals surface area (Å²) in [5.41, 5.74) is 8.26. The molecule has 5 nitrogen and oxygen atoms in total. The van der Waals surface area contributed by atoms with Crippen LogP contribution < -0.4 is 11.1 Å².